The Hall–Kier alpha value is -1.38. The van der Waals surface area contributed by atoms with Crippen LogP contribution in [0.15, 0.2) is 42.7 Å². The Balaban J connectivity index is 2.11. The largest absolute Gasteiger partial charge is 0.317 e. The van der Waals surface area contributed by atoms with Gasteiger partial charge in [0.2, 0.25) is 0 Å². The second-order valence-corrected chi connectivity index (χ2v) is 5.88. The molecule has 0 radical (unpaired) electrons. The second kappa shape index (κ2) is 8.16. The maximum atomic E-state index is 6.25. The topological polar surface area (TPSA) is 24.9 Å². The van der Waals surface area contributed by atoms with Crippen LogP contribution in [0.5, 0.6) is 0 Å². The minimum absolute atomic E-state index is 0.533. The molecule has 0 aliphatic carbocycles. The quantitative estimate of drug-likeness (QED) is 0.834. The molecule has 0 spiro atoms. The first kappa shape index (κ1) is 16.0. The highest BCUT2D eigenvalue weighted by atomic mass is 35.5. The van der Waals surface area contributed by atoms with Crippen molar-refractivity contribution in [1.29, 1.82) is 0 Å². The van der Waals surface area contributed by atoms with Gasteiger partial charge in [-0.05, 0) is 61.5 Å². The van der Waals surface area contributed by atoms with Gasteiger partial charge in [0.15, 0.2) is 0 Å². The second-order valence-electron chi connectivity index (χ2n) is 5.48. The van der Waals surface area contributed by atoms with Crippen LogP contribution < -0.4 is 5.32 Å². The summed E-state index contributed by atoms with van der Waals surface area (Å²) in [5.74, 6) is 0.533. The summed E-state index contributed by atoms with van der Waals surface area (Å²) in [6.45, 7) is 6.32. The zero-order chi connectivity index (χ0) is 15.1. The Bertz CT molecular complexity index is 521. The molecule has 2 rings (SSSR count). The van der Waals surface area contributed by atoms with Crippen molar-refractivity contribution in [3.8, 4) is 0 Å². The van der Waals surface area contributed by atoms with Crippen molar-refractivity contribution in [3.63, 3.8) is 0 Å². The molecule has 0 saturated carbocycles. The Morgan fingerprint density at radius 1 is 1.14 bits per heavy atom. The number of rotatable bonds is 7. The molecule has 1 aromatic heterocycles. The number of hydrogen-bond acceptors (Lipinski definition) is 2. The number of aryl methyl sites for hydroxylation is 1. The monoisotopic (exact) mass is 302 g/mol. The van der Waals surface area contributed by atoms with E-state index < -0.39 is 0 Å². The molecule has 0 fully saturated rings. The molecule has 1 heterocycles. The highest BCUT2D eigenvalue weighted by molar-refractivity contribution is 6.31. The van der Waals surface area contributed by atoms with Crippen LogP contribution in [0.2, 0.25) is 5.02 Å². The van der Waals surface area contributed by atoms with Crippen molar-refractivity contribution in [3.05, 3.63) is 64.4 Å². The molecule has 0 saturated heterocycles. The van der Waals surface area contributed by atoms with Crippen LogP contribution >= 0.6 is 11.6 Å². The van der Waals surface area contributed by atoms with E-state index in [1.54, 1.807) is 6.20 Å². The number of nitrogens with one attached hydrogen (secondary N) is 1. The molecular formula is C18H23ClN2. The summed E-state index contributed by atoms with van der Waals surface area (Å²) in [5, 5.41) is 4.24. The molecule has 0 amide bonds. The summed E-state index contributed by atoms with van der Waals surface area (Å²) < 4.78 is 0. The van der Waals surface area contributed by atoms with Gasteiger partial charge in [-0.25, -0.2) is 0 Å². The SMILES string of the molecule is CCNCC(Cc1ccccc1C)Cc1ccncc1Cl. The average Bonchev–Trinajstić information content (AvgIpc) is 2.49. The van der Waals surface area contributed by atoms with E-state index in [2.05, 4.69) is 48.4 Å². The zero-order valence-electron chi connectivity index (χ0n) is 12.8. The van der Waals surface area contributed by atoms with Crippen LogP contribution in [0.4, 0.5) is 0 Å². The lowest BCUT2D eigenvalue weighted by Crippen LogP contribution is -2.26. The fourth-order valence-electron chi connectivity index (χ4n) is 2.60. The molecule has 112 valence electrons. The summed E-state index contributed by atoms with van der Waals surface area (Å²) in [4.78, 5) is 4.06. The number of pyridine rings is 1. The van der Waals surface area contributed by atoms with Gasteiger partial charge in [0.1, 0.15) is 0 Å². The van der Waals surface area contributed by atoms with Crippen LogP contribution in [0.1, 0.15) is 23.6 Å². The van der Waals surface area contributed by atoms with E-state index in [1.807, 2.05) is 12.3 Å². The molecule has 0 bridgehead atoms. The number of aromatic nitrogens is 1. The highest BCUT2D eigenvalue weighted by Crippen LogP contribution is 2.21. The molecule has 1 N–H and O–H groups in total. The number of halogens is 1. The smallest absolute Gasteiger partial charge is 0.0621 e. The van der Waals surface area contributed by atoms with Crippen LogP contribution in [-0.2, 0) is 12.8 Å². The van der Waals surface area contributed by atoms with Crippen LogP contribution in [-0.4, -0.2) is 18.1 Å². The van der Waals surface area contributed by atoms with Crippen LogP contribution in [0.3, 0.4) is 0 Å². The Labute approximate surface area is 132 Å². The van der Waals surface area contributed by atoms with Gasteiger partial charge >= 0.3 is 0 Å². The molecule has 1 unspecified atom stereocenters. The lowest BCUT2D eigenvalue weighted by molar-refractivity contribution is 0.477. The zero-order valence-corrected chi connectivity index (χ0v) is 13.5. The highest BCUT2D eigenvalue weighted by Gasteiger charge is 2.13. The molecule has 21 heavy (non-hydrogen) atoms. The summed E-state index contributed by atoms with van der Waals surface area (Å²) >= 11 is 6.25. The third-order valence-corrected chi connectivity index (χ3v) is 4.16. The first-order valence-corrected chi connectivity index (χ1v) is 7.92. The van der Waals surface area contributed by atoms with Crippen molar-refractivity contribution in [2.24, 2.45) is 5.92 Å². The van der Waals surface area contributed by atoms with Crippen LogP contribution in [0.25, 0.3) is 0 Å². The third kappa shape index (κ3) is 4.83. The fraction of sp³-hybridized carbons (Fsp3) is 0.389. The van der Waals surface area contributed by atoms with Crippen molar-refractivity contribution in [2.75, 3.05) is 13.1 Å². The average molecular weight is 303 g/mol. The van der Waals surface area contributed by atoms with E-state index in [9.17, 15) is 0 Å². The third-order valence-electron chi connectivity index (χ3n) is 3.82. The van der Waals surface area contributed by atoms with Crippen molar-refractivity contribution >= 4 is 11.6 Å². The summed E-state index contributed by atoms with van der Waals surface area (Å²) in [6.07, 6.45) is 5.59. The van der Waals surface area contributed by atoms with E-state index in [1.165, 1.54) is 16.7 Å². The molecule has 0 aliphatic heterocycles. The Kier molecular flexibility index (Phi) is 6.21. The van der Waals surface area contributed by atoms with Crippen molar-refractivity contribution < 1.29 is 0 Å². The van der Waals surface area contributed by atoms with Gasteiger partial charge in [0.05, 0.1) is 5.02 Å². The molecule has 2 nitrogen and oxygen atoms in total. The summed E-state index contributed by atoms with van der Waals surface area (Å²) in [5.41, 5.74) is 3.97. The normalized spacial score (nSPS) is 12.3. The number of hydrogen-bond donors (Lipinski definition) is 1. The minimum atomic E-state index is 0.533. The molecule has 2 aromatic rings. The first-order chi connectivity index (χ1) is 10.2. The summed E-state index contributed by atoms with van der Waals surface area (Å²) in [7, 11) is 0. The molecule has 0 aliphatic rings. The maximum Gasteiger partial charge on any atom is 0.0621 e. The molecule has 1 atom stereocenters. The standard InChI is InChI=1S/C18H23ClN2/c1-3-20-12-15(10-16-7-5-4-6-14(16)2)11-17-8-9-21-13-18(17)19/h4-9,13,15,20H,3,10-12H2,1-2H3. The maximum absolute atomic E-state index is 6.25. The van der Waals surface area contributed by atoms with E-state index in [0.29, 0.717) is 5.92 Å². The predicted octanol–water partition coefficient (Wildman–Crippen LogP) is 4.05. The van der Waals surface area contributed by atoms with Crippen molar-refractivity contribution in [1.82, 2.24) is 10.3 Å². The lowest BCUT2D eigenvalue weighted by atomic mass is 9.91. The van der Waals surface area contributed by atoms with E-state index >= 15 is 0 Å². The van der Waals surface area contributed by atoms with Gasteiger partial charge in [-0.3, -0.25) is 4.98 Å². The van der Waals surface area contributed by atoms with Gasteiger partial charge in [-0.15, -0.1) is 0 Å². The molecular weight excluding hydrogens is 280 g/mol. The Morgan fingerprint density at radius 3 is 2.62 bits per heavy atom. The van der Waals surface area contributed by atoms with Gasteiger partial charge in [-0.2, -0.15) is 0 Å². The lowest BCUT2D eigenvalue weighted by Gasteiger charge is -2.19. The Morgan fingerprint density at radius 2 is 1.90 bits per heavy atom. The minimum Gasteiger partial charge on any atom is -0.317 e. The molecule has 1 aromatic carbocycles. The first-order valence-electron chi connectivity index (χ1n) is 7.54. The van der Waals surface area contributed by atoms with Gasteiger partial charge in [0, 0.05) is 12.4 Å². The van der Waals surface area contributed by atoms with E-state index in [0.717, 1.165) is 31.0 Å². The van der Waals surface area contributed by atoms with Gasteiger partial charge in [0.25, 0.3) is 0 Å². The number of nitrogens with zero attached hydrogens (tertiary/aromatic N) is 1. The van der Waals surface area contributed by atoms with Crippen molar-refractivity contribution in [2.45, 2.75) is 26.7 Å². The van der Waals surface area contributed by atoms with Gasteiger partial charge in [-0.1, -0.05) is 42.8 Å². The summed E-state index contributed by atoms with van der Waals surface area (Å²) in [6, 6.07) is 10.6. The number of benzene rings is 1. The van der Waals surface area contributed by atoms with E-state index in [-0.39, 0.29) is 0 Å². The van der Waals surface area contributed by atoms with E-state index in [4.69, 9.17) is 11.6 Å². The fourth-order valence-corrected chi connectivity index (χ4v) is 2.79. The molecule has 3 heteroatoms. The predicted molar refractivity (Wildman–Crippen MR) is 89.9 cm³/mol. The van der Waals surface area contributed by atoms with Gasteiger partial charge < -0.3 is 5.32 Å². The van der Waals surface area contributed by atoms with Crippen LogP contribution in [0, 0.1) is 12.8 Å².